The predicted octanol–water partition coefficient (Wildman–Crippen LogP) is 1.44. The standard InChI is InChI=1S/C17H22N2O6/c1-3-9-18-17(23)19-15(21)10-25-16(22)11-24-13-7-5-12(6-8-13)14(20)4-2/h5-8H,3-4,9-11H2,1-2H3,(H2,18,19,21,23). The van der Waals surface area contributed by atoms with Crippen molar-refractivity contribution in [1.29, 1.82) is 0 Å². The molecule has 1 aromatic rings. The molecule has 8 nitrogen and oxygen atoms in total. The largest absolute Gasteiger partial charge is 0.482 e. The fourth-order valence-electron chi connectivity index (χ4n) is 1.72. The van der Waals surface area contributed by atoms with E-state index in [0.717, 1.165) is 6.42 Å². The van der Waals surface area contributed by atoms with Crippen molar-refractivity contribution in [1.82, 2.24) is 10.6 Å². The van der Waals surface area contributed by atoms with Gasteiger partial charge in [0.25, 0.3) is 5.91 Å². The Labute approximate surface area is 145 Å². The fourth-order valence-corrected chi connectivity index (χ4v) is 1.72. The van der Waals surface area contributed by atoms with Crippen LogP contribution in [0.5, 0.6) is 5.75 Å². The van der Waals surface area contributed by atoms with Crippen LogP contribution in [0.3, 0.4) is 0 Å². The summed E-state index contributed by atoms with van der Waals surface area (Å²) in [6.07, 6.45) is 1.15. The lowest BCUT2D eigenvalue weighted by molar-refractivity contribution is -0.150. The van der Waals surface area contributed by atoms with Crippen LogP contribution < -0.4 is 15.4 Å². The van der Waals surface area contributed by atoms with E-state index in [0.29, 0.717) is 24.3 Å². The van der Waals surface area contributed by atoms with E-state index in [2.05, 4.69) is 5.32 Å². The van der Waals surface area contributed by atoms with Gasteiger partial charge in [-0.2, -0.15) is 0 Å². The van der Waals surface area contributed by atoms with Gasteiger partial charge in [0.1, 0.15) is 5.75 Å². The zero-order chi connectivity index (χ0) is 18.7. The van der Waals surface area contributed by atoms with Gasteiger partial charge in [-0.25, -0.2) is 9.59 Å². The van der Waals surface area contributed by atoms with Crippen molar-refractivity contribution < 1.29 is 28.7 Å². The maximum Gasteiger partial charge on any atom is 0.344 e. The van der Waals surface area contributed by atoms with Crippen LogP contribution in [-0.4, -0.2) is 43.4 Å². The Kier molecular flexibility index (Phi) is 8.70. The third-order valence-electron chi connectivity index (χ3n) is 3.01. The topological polar surface area (TPSA) is 111 Å². The molecule has 3 amide bonds. The van der Waals surface area contributed by atoms with E-state index in [1.165, 1.54) is 0 Å². The molecule has 0 saturated heterocycles. The highest BCUT2D eigenvalue weighted by molar-refractivity contribution is 5.96. The van der Waals surface area contributed by atoms with Crippen molar-refractivity contribution >= 4 is 23.7 Å². The zero-order valence-electron chi connectivity index (χ0n) is 14.3. The summed E-state index contributed by atoms with van der Waals surface area (Å²) in [6.45, 7) is 3.11. The van der Waals surface area contributed by atoms with E-state index in [-0.39, 0.29) is 5.78 Å². The SMILES string of the molecule is CCCNC(=O)NC(=O)COC(=O)COc1ccc(C(=O)CC)cc1. The summed E-state index contributed by atoms with van der Waals surface area (Å²) in [5.74, 6) is -1.07. The van der Waals surface area contributed by atoms with E-state index in [1.807, 2.05) is 12.2 Å². The van der Waals surface area contributed by atoms with Gasteiger partial charge in [0.2, 0.25) is 0 Å². The lowest BCUT2D eigenvalue weighted by Crippen LogP contribution is -2.41. The number of benzene rings is 1. The molecule has 1 aromatic carbocycles. The van der Waals surface area contributed by atoms with Crippen LogP contribution >= 0.6 is 0 Å². The fraction of sp³-hybridized carbons (Fsp3) is 0.412. The number of esters is 1. The van der Waals surface area contributed by atoms with Crippen LogP contribution in [0.1, 0.15) is 37.0 Å². The van der Waals surface area contributed by atoms with Gasteiger partial charge in [0.05, 0.1) is 0 Å². The smallest absolute Gasteiger partial charge is 0.344 e. The Bertz CT molecular complexity index is 612. The van der Waals surface area contributed by atoms with Crippen molar-refractivity contribution in [3.05, 3.63) is 29.8 Å². The lowest BCUT2D eigenvalue weighted by atomic mass is 10.1. The van der Waals surface area contributed by atoms with E-state index in [1.54, 1.807) is 31.2 Å². The van der Waals surface area contributed by atoms with Crippen LogP contribution in [0.25, 0.3) is 0 Å². The van der Waals surface area contributed by atoms with Gasteiger partial charge in [-0.3, -0.25) is 14.9 Å². The van der Waals surface area contributed by atoms with E-state index in [9.17, 15) is 19.2 Å². The molecule has 136 valence electrons. The van der Waals surface area contributed by atoms with Crippen molar-refractivity contribution in [2.75, 3.05) is 19.8 Å². The number of nitrogens with one attached hydrogen (secondary N) is 2. The highest BCUT2D eigenvalue weighted by atomic mass is 16.6. The van der Waals surface area contributed by atoms with Gasteiger partial charge in [-0.15, -0.1) is 0 Å². The van der Waals surface area contributed by atoms with E-state index >= 15 is 0 Å². The quantitative estimate of drug-likeness (QED) is 0.515. The van der Waals surface area contributed by atoms with Crippen LogP contribution in [0.2, 0.25) is 0 Å². The summed E-state index contributed by atoms with van der Waals surface area (Å²) in [4.78, 5) is 45.6. The maximum absolute atomic E-state index is 11.5. The first-order chi connectivity index (χ1) is 12.0. The zero-order valence-corrected chi connectivity index (χ0v) is 14.3. The number of hydrogen-bond acceptors (Lipinski definition) is 6. The van der Waals surface area contributed by atoms with Gasteiger partial charge in [0, 0.05) is 18.5 Å². The Morgan fingerprint density at radius 1 is 1.00 bits per heavy atom. The number of ether oxygens (including phenoxy) is 2. The number of carbonyl (C=O) groups is 4. The Hall–Kier alpha value is -2.90. The van der Waals surface area contributed by atoms with Crippen LogP contribution in [0.15, 0.2) is 24.3 Å². The number of urea groups is 1. The Morgan fingerprint density at radius 3 is 2.28 bits per heavy atom. The predicted molar refractivity (Wildman–Crippen MR) is 89.3 cm³/mol. The first-order valence-corrected chi connectivity index (χ1v) is 7.95. The molecule has 0 radical (unpaired) electrons. The van der Waals surface area contributed by atoms with Crippen molar-refractivity contribution in [3.63, 3.8) is 0 Å². The number of rotatable bonds is 9. The van der Waals surface area contributed by atoms with E-state index in [4.69, 9.17) is 9.47 Å². The minimum Gasteiger partial charge on any atom is -0.482 e. The number of carbonyl (C=O) groups excluding carboxylic acids is 4. The van der Waals surface area contributed by atoms with Gasteiger partial charge in [0.15, 0.2) is 19.0 Å². The molecule has 0 saturated carbocycles. The van der Waals surface area contributed by atoms with Gasteiger partial charge in [-0.05, 0) is 30.7 Å². The van der Waals surface area contributed by atoms with Gasteiger partial charge in [-0.1, -0.05) is 13.8 Å². The Balaban J connectivity index is 2.29. The molecule has 0 aliphatic heterocycles. The number of hydrogen-bond donors (Lipinski definition) is 2. The van der Waals surface area contributed by atoms with Crippen molar-refractivity contribution in [2.24, 2.45) is 0 Å². The van der Waals surface area contributed by atoms with Crippen LogP contribution in [0.4, 0.5) is 4.79 Å². The monoisotopic (exact) mass is 350 g/mol. The molecule has 0 fully saturated rings. The van der Waals surface area contributed by atoms with Crippen molar-refractivity contribution in [2.45, 2.75) is 26.7 Å². The molecule has 0 aromatic heterocycles. The molecule has 0 atom stereocenters. The molecule has 0 unspecified atom stereocenters. The normalized spacial score (nSPS) is 9.84. The second-order valence-electron chi connectivity index (χ2n) is 5.05. The summed E-state index contributed by atoms with van der Waals surface area (Å²) in [7, 11) is 0. The molecular formula is C17H22N2O6. The first-order valence-electron chi connectivity index (χ1n) is 7.95. The van der Waals surface area contributed by atoms with Crippen LogP contribution in [0, 0.1) is 0 Å². The molecule has 1 rings (SSSR count). The molecule has 25 heavy (non-hydrogen) atoms. The first kappa shape index (κ1) is 20.1. The molecular weight excluding hydrogens is 328 g/mol. The summed E-state index contributed by atoms with van der Waals surface area (Å²) in [6, 6.07) is 5.71. The molecule has 8 heteroatoms. The second-order valence-corrected chi connectivity index (χ2v) is 5.05. The molecule has 2 N–H and O–H groups in total. The summed E-state index contributed by atoms with van der Waals surface area (Å²) < 4.78 is 9.91. The molecule has 0 bridgehead atoms. The minimum atomic E-state index is -0.752. The van der Waals surface area contributed by atoms with Crippen LogP contribution in [-0.2, 0) is 14.3 Å². The highest BCUT2D eigenvalue weighted by Gasteiger charge is 2.11. The number of ketones is 1. The summed E-state index contributed by atoms with van der Waals surface area (Å²) >= 11 is 0. The maximum atomic E-state index is 11.5. The highest BCUT2D eigenvalue weighted by Crippen LogP contribution is 2.13. The molecule has 0 aliphatic rings. The summed E-state index contributed by atoms with van der Waals surface area (Å²) in [5.41, 5.74) is 0.565. The van der Waals surface area contributed by atoms with Gasteiger partial charge < -0.3 is 14.8 Å². The third-order valence-corrected chi connectivity index (χ3v) is 3.01. The van der Waals surface area contributed by atoms with Gasteiger partial charge >= 0.3 is 12.0 Å². The number of imide groups is 1. The third kappa shape index (κ3) is 7.96. The number of amides is 3. The molecule has 0 aliphatic carbocycles. The Morgan fingerprint density at radius 2 is 1.68 bits per heavy atom. The minimum absolute atomic E-state index is 0.0138. The average molecular weight is 350 g/mol. The van der Waals surface area contributed by atoms with Crippen molar-refractivity contribution in [3.8, 4) is 5.75 Å². The second kappa shape index (κ2) is 10.8. The lowest BCUT2D eigenvalue weighted by Gasteiger charge is -2.08. The average Bonchev–Trinajstić information content (AvgIpc) is 2.62. The summed E-state index contributed by atoms with van der Waals surface area (Å²) in [5, 5.41) is 4.48. The van der Waals surface area contributed by atoms with E-state index < -0.39 is 31.1 Å². The molecule has 0 spiro atoms. The molecule has 0 heterocycles. The number of Topliss-reactive ketones (excluding diaryl/α,β-unsaturated/α-hetero) is 1.